The SMILES string of the molecule is COC(=O)[C@H]1CCCN(CC(=O)NC(=O)c2ccc[nH]2)C1. The molecule has 1 aromatic heterocycles. The Hall–Kier alpha value is -2.15. The average molecular weight is 293 g/mol. The minimum Gasteiger partial charge on any atom is -0.469 e. The fourth-order valence-corrected chi connectivity index (χ4v) is 2.47. The van der Waals surface area contributed by atoms with Crippen LogP contribution >= 0.6 is 0 Å². The first-order valence-electron chi connectivity index (χ1n) is 6.88. The number of aromatic nitrogens is 1. The number of amides is 2. The summed E-state index contributed by atoms with van der Waals surface area (Å²) >= 11 is 0. The van der Waals surface area contributed by atoms with Gasteiger partial charge in [-0.2, -0.15) is 0 Å². The topological polar surface area (TPSA) is 91.5 Å². The molecule has 2 heterocycles. The summed E-state index contributed by atoms with van der Waals surface area (Å²) in [6, 6.07) is 3.28. The Labute approximate surface area is 122 Å². The van der Waals surface area contributed by atoms with E-state index in [1.807, 2.05) is 4.90 Å². The number of carbonyl (C=O) groups is 3. The number of hydrogen-bond acceptors (Lipinski definition) is 5. The first kappa shape index (κ1) is 15.2. The van der Waals surface area contributed by atoms with Gasteiger partial charge >= 0.3 is 5.97 Å². The molecule has 1 aliphatic rings. The van der Waals surface area contributed by atoms with Gasteiger partial charge in [0.25, 0.3) is 5.91 Å². The molecule has 1 fully saturated rings. The quantitative estimate of drug-likeness (QED) is 0.771. The number of rotatable bonds is 4. The highest BCUT2D eigenvalue weighted by molar-refractivity contribution is 6.04. The van der Waals surface area contributed by atoms with Gasteiger partial charge in [0.2, 0.25) is 5.91 Å². The summed E-state index contributed by atoms with van der Waals surface area (Å²) in [4.78, 5) is 39.7. The number of likely N-dealkylation sites (tertiary alicyclic amines) is 1. The highest BCUT2D eigenvalue weighted by Crippen LogP contribution is 2.17. The van der Waals surface area contributed by atoms with Crippen molar-refractivity contribution in [2.75, 3.05) is 26.7 Å². The number of piperidine rings is 1. The Balaban J connectivity index is 1.82. The van der Waals surface area contributed by atoms with E-state index in [4.69, 9.17) is 4.74 Å². The molecule has 0 spiro atoms. The van der Waals surface area contributed by atoms with Gasteiger partial charge in [-0.25, -0.2) is 0 Å². The van der Waals surface area contributed by atoms with Gasteiger partial charge in [0, 0.05) is 12.7 Å². The molecule has 2 rings (SSSR count). The van der Waals surface area contributed by atoms with Crippen LogP contribution in [0.5, 0.6) is 0 Å². The van der Waals surface area contributed by atoms with Crippen LogP contribution in [0.1, 0.15) is 23.3 Å². The number of imide groups is 1. The van der Waals surface area contributed by atoms with Crippen molar-refractivity contribution < 1.29 is 19.1 Å². The number of aromatic amines is 1. The van der Waals surface area contributed by atoms with E-state index in [-0.39, 0.29) is 24.3 Å². The van der Waals surface area contributed by atoms with Crippen molar-refractivity contribution in [1.82, 2.24) is 15.2 Å². The van der Waals surface area contributed by atoms with E-state index in [1.54, 1.807) is 18.3 Å². The predicted molar refractivity (Wildman–Crippen MR) is 74.4 cm³/mol. The number of esters is 1. The highest BCUT2D eigenvalue weighted by atomic mass is 16.5. The molecule has 0 radical (unpaired) electrons. The zero-order valence-electron chi connectivity index (χ0n) is 11.9. The summed E-state index contributed by atoms with van der Waals surface area (Å²) in [5.74, 6) is -1.27. The van der Waals surface area contributed by atoms with Crippen molar-refractivity contribution >= 4 is 17.8 Å². The van der Waals surface area contributed by atoms with E-state index in [9.17, 15) is 14.4 Å². The second kappa shape index (κ2) is 7.03. The Morgan fingerprint density at radius 1 is 1.48 bits per heavy atom. The summed E-state index contributed by atoms with van der Waals surface area (Å²) in [6.45, 7) is 1.31. The van der Waals surface area contributed by atoms with Crippen molar-refractivity contribution in [1.29, 1.82) is 0 Å². The van der Waals surface area contributed by atoms with Crippen LogP contribution in [-0.2, 0) is 14.3 Å². The minimum atomic E-state index is -0.452. The normalized spacial score (nSPS) is 19.0. The number of hydrogen-bond donors (Lipinski definition) is 2. The number of carbonyl (C=O) groups excluding carboxylic acids is 3. The van der Waals surface area contributed by atoms with Crippen molar-refractivity contribution in [3.8, 4) is 0 Å². The first-order chi connectivity index (χ1) is 10.1. The fraction of sp³-hybridized carbons (Fsp3) is 0.500. The lowest BCUT2D eigenvalue weighted by Crippen LogP contribution is -2.45. The molecule has 2 amide bonds. The minimum absolute atomic E-state index is 0.0972. The third-order valence-electron chi connectivity index (χ3n) is 3.50. The molecule has 1 aromatic rings. The van der Waals surface area contributed by atoms with Gasteiger partial charge in [-0.1, -0.05) is 0 Å². The summed E-state index contributed by atoms with van der Waals surface area (Å²) in [7, 11) is 1.36. The Kier molecular flexibility index (Phi) is 5.10. The molecule has 0 aliphatic carbocycles. The lowest BCUT2D eigenvalue weighted by Gasteiger charge is -2.30. The van der Waals surface area contributed by atoms with Crippen LogP contribution in [0.2, 0.25) is 0 Å². The van der Waals surface area contributed by atoms with Crippen molar-refractivity contribution in [2.45, 2.75) is 12.8 Å². The van der Waals surface area contributed by atoms with Gasteiger partial charge in [0.1, 0.15) is 5.69 Å². The van der Waals surface area contributed by atoms with E-state index in [1.165, 1.54) is 7.11 Å². The number of nitrogens with one attached hydrogen (secondary N) is 2. The van der Waals surface area contributed by atoms with Crippen LogP contribution in [0.25, 0.3) is 0 Å². The zero-order valence-corrected chi connectivity index (χ0v) is 11.9. The van der Waals surface area contributed by atoms with Gasteiger partial charge in [0.05, 0.1) is 19.6 Å². The molecule has 114 valence electrons. The van der Waals surface area contributed by atoms with Crippen LogP contribution in [-0.4, -0.2) is 54.4 Å². The van der Waals surface area contributed by atoms with Crippen LogP contribution in [0.4, 0.5) is 0 Å². The highest BCUT2D eigenvalue weighted by Gasteiger charge is 2.27. The number of H-pyrrole nitrogens is 1. The monoisotopic (exact) mass is 293 g/mol. The molecule has 0 saturated carbocycles. The van der Waals surface area contributed by atoms with E-state index in [0.29, 0.717) is 12.2 Å². The molecule has 1 atom stereocenters. The second-order valence-corrected chi connectivity index (χ2v) is 5.06. The van der Waals surface area contributed by atoms with Crippen molar-refractivity contribution in [3.05, 3.63) is 24.0 Å². The van der Waals surface area contributed by atoms with E-state index >= 15 is 0 Å². The summed E-state index contributed by atoms with van der Waals surface area (Å²) in [6.07, 6.45) is 3.22. The average Bonchev–Trinajstić information content (AvgIpc) is 3.00. The molecular weight excluding hydrogens is 274 g/mol. The number of ether oxygens (including phenoxy) is 1. The maximum absolute atomic E-state index is 11.9. The molecule has 1 saturated heterocycles. The predicted octanol–water partition coefficient (Wildman–Crippen LogP) is 0.156. The molecule has 7 nitrogen and oxygen atoms in total. The van der Waals surface area contributed by atoms with Gasteiger partial charge in [-0.15, -0.1) is 0 Å². The fourth-order valence-electron chi connectivity index (χ4n) is 2.47. The molecule has 2 N–H and O–H groups in total. The molecule has 21 heavy (non-hydrogen) atoms. The Morgan fingerprint density at radius 3 is 2.95 bits per heavy atom. The van der Waals surface area contributed by atoms with Crippen LogP contribution < -0.4 is 5.32 Å². The van der Waals surface area contributed by atoms with E-state index in [0.717, 1.165) is 19.4 Å². The molecule has 0 unspecified atom stereocenters. The lowest BCUT2D eigenvalue weighted by atomic mass is 9.98. The second-order valence-electron chi connectivity index (χ2n) is 5.06. The standard InChI is InChI=1S/C14H19N3O4/c1-21-14(20)10-4-3-7-17(8-10)9-12(18)16-13(19)11-5-2-6-15-11/h2,5-6,10,15H,3-4,7-9H2,1H3,(H,16,18,19)/t10-/m0/s1. The molecule has 0 aromatic carbocycles. The van der Waals surface area contributed by atoms with Gasteiger partial charge < -0.3 is 9.72 Å². The largest absolute Gasteiger partial charge is 0.469 e. The van der Waals surface area contributed by atoms with Crippen LogP contribution in [0, 0.1) is 5.92 Å². The smallest absolute Gasteiger partial charge is 0.309 e. The number of nitrogens with zero attached hydrogens (tertiary/aromatic N) is 1. The number of methoxy groups -OCH3 is 1. The Morgan fingerprint density at radius 2 is 2.29 bits per heavy atom. The van der Waals surface area contributed by atoms with Crippen molar-refractivity contribution in [3.63, 3.8) is 0 Å². The van der Waals surface area contributed by atoms with E-state index < -0.39 is 5.91 Å². The summed E-state index contributed by atoms with van der Waals surface area (Å²) in [5.41, 5.74) is 0.342. The maximum Gasteiger partial charge on any atom is 0.309 e. The van der Waals surface area contributed by atoms with E-state index in [2.05, 4.69) is 10.3 Å². The zero-order chi connectivity index (χ0) is 15.2. The molecule has 0 bridgehead atoms. The lowest BCUT2D eigenvalue weighted by molar-refractivity contribution is -0.147. The molecule has 1 aliphatic heterocycles. The maximum atomic E-state index is 11.9. The van der Waals surface area contributed by atoms with Crippen LogP contribution in [0.3, 0.4) is 0 Å². The Bertz CT molecular complexity index is 512. The van der Waals surface area contributed by atoms with Gasteiger partial charge in [-0.05, 0) is 31.5 Å². The van der Waals surface area contributed by atoms with Crippen molar-refractivity contribution in [2.24, 2.45) is 5.92 Å². The van der Waals surface area contributed by atoms with Gasteiger partial charge in [0.15, 0.2) is 0 Å². The summed E-state index contributed by atoms with van der Waals surface area (Å²) < 4.78 is 4.73. The third kappa shape index (κ3) is 4.16. The third-order valence-corrected chi connectivity index (χ3v) is 3.50. The van der Waals surface area contributed by atoms with Crippen LogP contribution in [0.15, 0.2) is 18.3 Å². The molecule has 7 heteroatoms. The van der Waals surface area contributed by atoms with Gasteiger partial charge in [-0.3, -0.25) is 24.6 Å². The molecular formula is C14H19N3O4. The summed E-state index contributed by atoms with van der Waals surface area (Å²) in [5, 5.41) is 2.32. The first-order valence-corrected chi connectivity index (χ1v) is 6.88.